The Balaban J connectivity index is 1.91. The van der Waals surface area contributed by atoms with Crippen LogP contribution in [0.3, 0.4) is 0 Å². The van der Waals surface area contributed by atoms with Gasteiger partial charge in [0.15, 0.2) is 0 Å². The van der Waals surface area contributed by atoms with E-state index >= 15 is 0 Å². The van der Waals surface area contributed by atoms with E-state index in [1.807, 2.05) is 30.3 Å². The highest BCUT2D eigenvalue weighted by Crippen LogP contribution is 2.13. The zero-order valence-corrected chi connectivity index (χ0v) is 11.8. The van der Waals surface area contributed by atoms with Crippen molar-refractivity contribution in [3.05, 3.63) is 65.7 Å². The summed E-state index contributed by atoms with van der Waals surface area (Å²) in [5, 5.41) is 11.6. The van der Waals surface area contributed by atoms with Crippen LogP contribution in [0.15, 0.2) is 54.6 Å². The summed E-state index contributed by atoms with van der Waals surface area (Å²) in [7, 11) is 0. The molecule has 0 fully saturated rings. The maximum Gasteiger partial charge on any atom is 0.251 e. The van der Waals surface area contributed by atoms with Crippen molar-refractivity contribution in [1.29, 1.82) is 0 Å². The van der Waals surface area contributed by atoms with E-state index in [1.165, 1.54) is 0 Å². The van der Waals surface area contributed by atoms with Crippen molar-refractivity contribution in [1.82, 2.24) is 5.32 Å². The summed E-state index contributed by atoms with van der Waals surface area (Å²) in [6, 6.07) is 16.8. The average Bonchev–Trinajstić information content (AvgIpc) is 2.54. The third-order valence-corrected chi connectivity index (χ3v) is 2.96. The minimum Gasteiger partial charge on any atom is -0.493 e. The van der Waals surface area contributed by atoms with Crippen molar-refractivity contribution in [3.63, 3.8) is 0 Å². The van der Waals surface area contributed by atoms with E-state index in [0.29, 0.717) is 30.9 Å². The first-order valence-electron chi connectivity index (χ1n) is 6.95. The Kier molecular flexibility index (Phi) is 5.79. The molecule has 0 saturated carbocycles. The molecule has 0 aliphatic carbocycles. The smallest absolute Gasteiger partial charge is 0.251 e. The first-order valence-corrected chi connectivity index (χ1v) is 6.95. The van der Waals surface area contributed by atoms with Crippen molar-refractivity contribution >= 4 is 5.91 Å². The molecule has 0 unspecified atom stereocenters. The van der Waals surface area contributed by atoms with Gasteiger partial charge in [0.25, 0.3) is 5.91 Å². The van der Waals surface area contributed by atoms with E-state index in [0.717, 1.165) is 5.56 Å². The van der Waals surface area contributed by atoms with E-state index in [1.54, 1.807) is 24.3 Å². The van der Waals surface area contributed by atoms with Crippen LogP contribution in [0.5, 0.6) is 5.75 Å². The minimum absolute atomic E-state index is 0.0945. The SMILES string of the molecule is O=C(NCc1ccccc1)c1cccc(OCCCO)c1. The third kappa shape index (κ3) is 4.93. The standard InChI is InChI=1S/C17H19NO3/c19-10-5-11-21-16-9-4-8-15(12-16)17(20)18-13-14-6-2-1-3-7-14/h1-4,6-9,12,19H,5,10-11,13H2,(H,18,20). The molecule has 0 radical (unpaired) electrons. The lowest BCUT2D eigenvalue weighted by Gasteiger charge is -2.08. The fourth-order valence-electron chi connectivity index (χ4n) is 1.86. The number of ether oxygens (including phenoxy) is 1. The molecule has 0 spiro atoms. The molecule has 0 heterocycles. The first-order chi connectivity index (χ1) is 10.3. The van der Waals surface area contributed by atoms with Gasteiger partial charge < -0.3 is 15.2 Å². The van der Waals surface area contributed by atoms with Crippen LogP contribution < -0.4 is 10.1 Å². The van der Waals surface area contributed by atoms with Gasteiger partial charge in [-0.1, -0.05) is 36.4 Å². The Hall–Kier alpha value is -2.33. The molecular weight excluding hydrogens is 266 g/mol. The number of benzene rings is 2. The first kappa shape index (κ1) is 15.1. The summed E-state index contributed by atoms with van der Waals surface area (Å²) in [6.45, 7) is 1.03. The van der Waals surface area contributed by atoms with Crippen LogP contribution >= 0.6 is 0 Å². The number of carbonyl (C=O) groups excluding carboxylic acids is 1. The maximum atomic E-state index is 12.1. The second kappa shape index (κ2) is 8.07. The summed E-state index contributed by atoms with van der Waals surface area (Å²) >= 11 is 0. The Morgan fingerprint density at radius 1 is 1.10 bits per heavy atom. The molecule has 0 aromatic heterocycles. The molecule has 110 valence electrons. The van der Waals surface area contributed by atoms with Crippen LogP contribution in [0.25, 0.3) is 0 Å². The number of amides is 1. The third-order valence-electron chi connectivity index (χ3n) is 2.96. The van der Waals surface area contributed by atoms with Gasteiger partial charge in [-0.15, -0.1) is 0 Å². The monoisotopic (exact) mass is 285 g/mol. The summed E-state index contributed by atoms with van der Waals surface area (Å²) in [4.78, 5) is 12.1. The lowest BCUT2D eigenvalue weighted by molar-refractivity contribution is 0.0950. The quantitative estimate of drug-likeness (QED) is 0.768. The maximum absolute atomic E-state index is 12.1. The number of hydrogen-bond acceptors (Lipinski definition) is 3. The van der Waals surface area contributed by atoms with Crippen molar-refractivity contribution in [2.24, 2.45) is 0 Å². The Morgan fingerprint density at radius 2 is 1.90 bits per heavy atom. The number of rotatable bonds is 7. The summed E-state index contributed by atoms with van der Waals surface area (Å²) in [5.41, 5.74) is 1.62. The fourth-order valence-corrected chi connectivity index (χ4v) is 1.86. The Morgan fingerprint density at radius 3 is 2.67 bits per heavy atom. The van der Waals surface area contributed by atoms with E-state index in [9.17, 15) is 4.79 Å². The zero-order chi connectivity index (χ0) is 14.9. The normalized spacial score (nSPS) is 10.1. The number of hydrogen-bond donors (Lipinski definition) is 2. The fraction of sp³-hybridized carbons (Fsp3) is 0.235. The molecular formula is C17H19NO3. The van der Waals surface area contributed by atoms with Crippen LogP contribution in [0.1, 0.15) is 22.3 Å². The van der Waals surface area contributed by atoms with Crippen molar-refractivity contribution in [2.45, 2.75) is 13.0 Å². The van der Waals surface area contributed by atoms with Gasteiger partial charge in [0.1, 0.15) is 5.75 Å². The molecule has 4 nitrogen and oxygen atoms in total. The topological polar surface area (TPSA) is 58.6 Å². The van der Waals surface area contributed by atoms with Crippen LogP contribution in [0, 0.1) is 0 Å². The summed E-state index contributed by atoms with van der Waals surface area (Å²) in [6.07, 6.45) is 0.574. The van der Waals surface area contributed by atoms with E-state index in [4.69, 9.17) is 9.84 Å². The van der Waals surface area contributed by atoms with Crippen LogP contribution in [-0.2, 0) is 6.54 Å². The number of nitrogens with one attached hydrogen (secondary N) is 1. The van der Waals surface area contributed by atoms with Crippen LogP contribution in [-0.4, -0.2) is 24.2 Å². The van der Waals surface area contributed by atoms with Gasteiger partial charge in [-0.05, 0) is 23.8 Å². The number of aliphatic hydroxyl groups excluding tert-OH is 1. The molecule has 0 aliphatic rings. The molecule has 2 rings (SSSR count). The van der Waals surface area contributed by atoms with Gasteiger partial charge in [-0.25, -0.2) is 0 Å². The molecule has 2 N–H and O–H groups in total. The Bertz CT molecular complexity index is 569. The van der Waals surface area contributed by atoms with Crippen molar-refractivity contribution in [3.8, 4) is 5.75 Å². The minimum atomic E-state index is -0.133. The van der Waals surface area contributed by atoms with Crippen molar-refractivity contribution in [2.75, 3.05) is 13.2 Å². The van der Waals surface area contributed by atoms with Crippen molar-refractivity contribution < 1.29 is 14.6 Å². The molecule has 21 heavy (non-hydrogen) atoms. The molecule has 2 aromatic carbocycles. The average molecular weight is 285 g/mol. The summed E-state index contributed by atoms with van der Waals surface area (Å²) < 4.78 is 5.46. The lowest BCUT2D eigenvalue weighted by atomic mass is 10.2. The molecule has 0 saturated heterocycles. The van der Waals surface area contributed by atoms with Gasteiger partial charge >= 0.3 is 0 Å². The largest absolute Gasteiger partial charge is 0.493 e. The van der Waals surface area contributed by atoms with Crippen LogP contribution in [0.4, 0.5) is 0 Å². The summed E-state index contributed by atoms with van der Waals surface area (Å²) in [5.74, 6) is 0.502. The molecule has 0 aliphatic heterocycles. The highest BCUT2D eigenvalue weighted by Gasteiger charge is 2.06. The second-order valence-corrected chi connectivity index (χ2v) is 4.62. The second-order valence-electron chi connectivity index (χ2n) is 4.62. The van der Waals surface area contributed by atoms with Gasteiger partial charge in [0.2, 0.25) is 0 Å². The van der Waals surface area contributed by atoms with Gasteiger partial charge in [0.05, 0.1) is 6.61 Å². The predicted molar refractivity (Wildman–Crippen MR) is 81.3 cm³/mol. The number of aliphatic hydroxyl groups is 1. The molecule has 1 amide bonds. The van der Waals surface area contributed by atoms with Gasteiger partial charge in [0, 0.05) is 25.1 Å². The number of carbonyl (C=O) groups is 1. The predicted octanol–water partition coefficient (Wildman–Crippen LogP) is 2.38. The van der Waals surface area contributed by atoms with Crippen LogP contribution in [0.2, 0.25) is 0 Å². The van der Waals surface area contributed by atoms with Gasteiger partial charge in [-0.3, -0.25) is 4.79 Å². The zero-order valence-electron chi connectivity index (χ0n) is 11.8. The molecule has 4 heteroatoms. The van der Waals surface area contributed by atoms with E-state index < -0.39 is 0 Å². The molecule has 0 atom stereocenters. The van der Waals surface area contributed by atoms with E-state index in [-0.39, 0.29) is 12.5 Å². The van der Waals surface area contributed by atoms with E-state index in [2.05, 4.69) is 5.32 Å². The highest BCUT2D eigenvalue weighted by atomic mass is 16.5. The lowest BCUT2D eigenvalue weighted by Crippen LogP contribution is -2.22. The molecule has 2 aromatic rings. The van der Waals surface area contributed by atoms with Gasteiger partial charge in [-0.2, -0.15) is 0 Å². The molecule has 0 bridgehead atoms. The Labute approximate surface area is 124 Å². The highest BCUT2D eigenvalue weighted by molar-refractivity contribution is 5.94.